The minimum Gasteiger partial charge on any atom is -0.404 e. The van der Waals surface area contributed by atoms with Crippen LogP contribution in [-0.2, 0) is 0 Å². The van der Waals surface area contributed by atoms with Crippen molar-refractivity contribution in [3.8, 4) is 5.75 Å². The number of aliphatic hydroxyl groups is 1. The molecule has 0 bridgehead atoms. The van der Waals surface area contributed by atoms with Gasteiger partial charge in [0.25, 0.3) is 0 Å². The van der Waals surface area contributed by atoms with Gasteiger partial charge in [0.2, 0.25) is 0 Å². The van der Waals surface area contributed by atoms with Gasteiger partial charge in [-0.2, -0.15) is 0 Å². The number of halogens is 4. The molecule has 0 heterocycles. The number of rotatable bonds is 5. The highest BCUT2D eigenvalue weighted by molar-refractivity contribution is 14.0. The van der Waals surface area contributed by atoms with E-state index in [9.17, 15) is 13.2 Å². The van der Waals surface area contributed by atoms with Crippen molar-refractivity contribution < 1.29 is 23.0 Å². The summed E-state index contributed by atoms with van der Waals surface area (Å²) in [5.74, 6) is -0.533. The predicted molar refractivity (Wildman–Crippen MR) is 84.9 cm³/mol. The highest BCUT2D eigenvalue weighted by Crippen LogP contribution is 2.29. The summed E-state index contributed by atoms with van der Waals surface area (Å²) in [4.78, 5) is 3.91. The largest absolute Gasteiger partial charge is 0.573 e. The standard InChI is InChI=1S/C12H16F3N3O2.HI/c1-8(7-19)6-17-11(16)18-9-4-2-3-5-10(9)20-12(13,14)15;/h2-5,8,19H,6-7H2,1H3,(H3,16,17,18);1H. The molecular weight excluding hydrogens is 402 g/mol. The fourth-order valence-corrected chi connectivity index (χ4v) is 1.27. The van der Waals surface area contributed by atoms with Crippen molar-refractivity contribution >= 4 is 35.6 Å². The molecule has 0 spiro atoms. The Hall–Kier alpha value is -1.23. The van der Waals surface area contributed by atoms with Crippen molar-refractivity contribution in [2.24, 2.45) is 16.6 Å². The van der Waals surface area contributed by atoms with Crippen molar-refractivity contribution in [1.82, 2.24) is 0 Å². The van der Waals surface area contributed by atoms with Gasteiger partial charge in [-0.25, -0.2) is 0 Å². The second-order valence-electron chi connectivity index (χ2n) is 4.18. The Balaban J connectivity index is 0.00000400. The molecule has 0 saturated carbocycles. The van der Waals surface area contributed by atoms with E-state index in [2.05, 4.69) is 15.0 Å². The maximum Gasteiger partial charge on any atom is 0.573 e. The van der Waals surface area contributed by atoms with E-state index in [4.69, 9.17) is 10.8 Å². The molecule has 21 heavy (non-hydrogen) atoms. The lowest BCUT2D eigenvalue weighted by Crippen LogP contribution is -2.25. The number of aliphatic imine (C=N–C) groups is 1. The molecule has 0 aromatic heterocycles. The molecule has 0 aliphatic carbocycles. The monoisotopic (exact) mass is 419 g/mol. The van der Waals surface area contributed by atoms with E-state index in [1.54, 1.807) is 6.92 Å². The Morgan fingerprint density at radius 3 is 2.62 bits per heavy atom. The summed E-state index contributed by atoms with van der Waals surface area (Å²) in [7, 11) is 0. The quantitative estimate of drug-likeness (QED) is 0.390. The first-order chi connectivity index (χ1) is 9.31. The number of benzene rings is 1. The van der Waals surface area contributed by atoms with E-state index in [1.165, 1.54) is 24.3 Å². The van der Waals surface area contributed by atoms with Crippen LogP contribution in [0.2, 0.25) is 0 Å². The molecule has 1 aromatic rings. The highest BCUT2D eigenvalue weighted by Gasteiger charge is 2.32. The zero-order valence-corrected chi connectivity index (χ0v) is 13.6. The minimum absolute atomic E-state index is 0. The van der Waals surface area contributed by atoms with Crippen molar-refractivity contribution in [3.05, 3.63) is 24.3 Å². The summed E-state index contributed by atoms with van der Waals surface area (Å²) in [5.41, 5.74) is 5.62. The van der Waals surface area contributed by atoms with E-state index in [-0.39, 0.29) is 54.7 Å². The normalized spacial score (nSPS) is 13.3. The SMILES string of the molecule is CC(CO)CN=C(N)Nc1ccccc1OC(F)(F)F.I. The molecule has 0 radical (unpaired) electrons. The van der Waals surface area contributed by atoms with Gasteiger partial charge in [0.1, 0.15) is 0 Å². The van der Waals surface area contributed by atoms with Gasteiger partial charge >= 0.3 is 6.36 Å². The fraction of sp³-hybridized carbons (Fsp3) is 0.417. The number of alkyl halides is 3. The number of guanidine groups is 1. The molecule has 0 aliphatic rings. The number of hydrogen-bond donors (Lipinski definition) is 3. The van der Waals surface area contributed by atoms with Crippen molar-refractivity contribution in [2.45, 2.75) is 13.3 Å². The molecule has 9 heteroatoms. The first-order valence-electron chi connectivity index (χ1n) is 5.84. The lowest BCUT2D eigenvalue weighted by Gasteiger charge is -2.14. The average molecular weight is 419 g/mol. The van der Waals surface area contributed by atoms with Crippen molar-refractivity contribution in [3.63, 3.8) is 0 Å². The third-order valence-corrected chi connectivity index (χ3v) is 2.26. The summed E-state index contributed by atoms with van der Waals surface area (Å²) in [6.07, 6.45) is -4.78. The lowest BCUT2D eigenvalue weighted by atomic mass is 10.2. The van der Waals surface area contributed by atoms with Crippen LogP contribution in [-0.4, -0.2) is 30.6 Å². The van der Waals surface area contributed by atoms with Gasteiger partial charge in [0, 0.05) is 13.2 Å². The molecule has 5 nitrogen and oxygen atoms in total. The third-order valence-electron chi connectivity index (χ3n) is 2.26. The van der Waals surface area contributed by atoms with Crippen LogP contribution in [0.1, 0.15) is 6.92 Å². The summed E-state index contributed by atoms with van der Waals surface area (Å²) in [5, 5.41) is 11.4. The Morgan fingerprint density at radius 2 is 2.05 bits per heavy atom. The Bertz CT molecular complexity index is 469. The van der Waals surface area contributed by atoms with Crippen LogP contribution >= 0.6 is 24.0 Å². The Morgan fingerprint density at radius 1 is 1.43 bits per heavy atom. The number of nitrogens with zero attached hydrogens (tertiary/aromatic N) is 1. The van der Waals surface area contributed by atoms with Gasteiger partial charge in [0.15, 0.2) is 11.7 Å². The molecule has 0 fully saturated rings. The molecule has 0 aliphatic heterocycles. The number of aliphatic hydroxyl groups excluding tert-OH is 1. The molecule has 0 saturated heterocycles. The molecular formula is C12H17F3IN3O2. The zero-order chi connectivity index (χ0) is 15.2. The van der Waals surface area contributed by atoms with E-state index >= 15 is 0 Å². The molecule has 1 aromatic carbocycles. The third kappa shape index (κ3) is 7.95. The average Bonchev–Trinajstić information content (AvgIpc) is 2.36. The first-order valence-corrected chi connectivity index (χ1v) is 5.84. The second-order valence-corrected chi connectivity index (χ2v) is 4.18. The molecule has 0 amide bonds. The number of ether oxygens (including phenoxy) is 1. The number of para-hydroxylation sites is 2. The van der Waals surface area contributed by atoms with Crippen LogP contribution in [0.3, 0.4) is 0 Å². The zero-order valence-electron chi connectivity index (χ0n) is 11.2. The Labute approximate surface area is 137 Å². The van der Waals surface area contributed by atoms with Crippen LogP contribution < -0.4 is 15.8 Å². The number of nitrogens with two attached hydrogens (primary N) is 1. The maximum atomic E-state index is 12.2. The summed E-state index contributed by atoms with van der Waals surface area (Å²) < 4.78 is 40.5. The number of nitrogens with one attached hydrogen (secondary N) is 1. The summed E-state index contributed by atoms with van der Waals surface area (Å²) in [6.45, 7) is 1.97. The predicted octanol–water partition coefficient (Wildman–Crippen LogP) is 2.56. The topological polar surface area (TPSA) is 79.9 Å². The number of anilines is 1. The van der Waals surface area contributed by atoms with Crippen LogP contribution in [0, 0.1) is 5.92 Å². The lowest BCUT2D eigenvalue weighted by molar-refractivity contribution is -0.274. The van der Waals surface area contributed by atoms with Crippen LogP contribution in [0.15, 0.2) is 29.3 Å². The Kier molecular flexibility index (Phi) is 8.40. The van der Waals surface area contributed by atoms with E-state index in [1.807, 2.05) is 0 Å². The molecule has 1 atom stereocenters. The van der Waals surface area contributed by atoms with E-state index in [0.29, 0.717) is 0 Å². The van der Waals surface area contributed by atoms with Crippen LogP contribution in [0.5, 0.6) is 5.75 Å². The van der Waals surface area contributed by atoms with Gasteiger partial charge in [-0.3, -0.25) is 4.99 Å². The minimum atomic E-state index is -4.78. The van der Waals surface area contributed by atoms with Crippen molar-refractivity contribution in [1.29, 1.82) is 0 Å². The van der Waals surface area contributed by atoms with E-state index < -0.39 is 12.1 Å². The highest BCUT2D eigenvalue weighted by atomic mass is 127. The van der Waals surface area contributed by atoms with Gasteiger partial charge in [0.05, 0.1) is 5.69 Å². The van der Waals surface area contributed by atoms with E-state index in [0.717, 1.165) is 0 Å². The van der Waals surface area contributed by atoms with Gasteiger partial charge in [-0.05, 0) is 18.1 Å². The van der Waals surface area contributed by atoms with Gasteiger partial charge < -0.3 is 20.9 Å². The van der Waals surface area contributed by atoms with Gasteiger partial charge in [-0.1, -0.05) is 19.1 Å². The van der Waals surface area contributed by atoms with Crippen molar-refractivity contribution in [2.75, 3.05) is 18.5 Å². The maximum absolute atomic E-state index is 12.2. The second kappa shape index (κ2) is 8.93. The van der Waals surface area contributed by atoms with Crippen LogP contribution in [0.25, 0.3) is 0 Å². The molecule has 4 N–H and O–H groups in total. The molecule has 1 unspecified atom stereocenters. The fourth-order valence-electron chi connectivity index (χ4n) is 1.27. The smallest absolute Gasteiger partial charge is 0.404 e. The number of hydrogen-bond acceptors (Lipinski definition) is 3. The van der Waals surface area contributed by atoms with Crippen LogP contribution in [0.4, 0.5) is 18.9 Å². The first kappa shape index (κ1) is 19.8. The summed E-state index contributed by atoms with van der Waals surface area (Å²) in [6, 6.07) is 5.50. The molecule has 1 rings (SSSR count). The summed E-state index contributed by atoms with van der Waals surface area (Å²) >= 11 is 0. The molecule has 120 valence electrons. The van der Waals surface area contributed by atoms with Gasteiger partial charge in [-0.15, -0.1) is 37.1 Å².